The Morgan fingerprint density at radius 3 is 2.41 bits per heavy atom. The molecule has 0 heterocycles. The highest BCUT2D eigenvalue weighted by Gasteiger charge is 2.62. The molecule has 0 aromatic heterocycles. The van der Waals surface area contributed by atoms with E-state index in [1.165, 1.54) is 22.4 Å². The number of anilines is 1. The Balaban J connectivity index is 1.64. The number of carbonyl (C=O) groups excluding carboxylic acids is 2. The number of benzene rings is 1. The van der Waals surface area contributed by atoms with Gasteiger partial charge < -0.3 is 4.90 Å². The maximum atomic E-state index is 13.0. The van der Waals surface area contributed by atoms with Crippen LogP contribution in [0, 0.1) is 22.7 Å². The molecule has 0 radical (unpaired) electrons. The number of rotatable bonds is 4. The minimum absolute atomic E-state index is 0.0112. The third-order valence-electron chi connectivity index (χ3n) is 10.6. The summed E-state index contributed by atoms with van der Waals surface area (Å²) in [6.07, 6.45) is 8.82. The Hall–Kier alpha value is -2.16. The third-order valence-corrected chi connectivity index (χ3v) is 10.6. The Kier molecular flexibility index (Phi) is 5.69. The largest absolute Gasteiger partial charge is 0.372 e. The van der Waals surface area contributed by atoms with Gasteiger partial charge in [0, 0.05) is 36.5 Å². The summed E-state index contributed by atoms with van der Waals surface area (Å²) in [6.45, 7) is 10.9. The Bertz CT molecular complexity index is 1080. The van der Waals surface area contributed by atoms with Crippen LogP contribution in [0.5, 0.6) is 0 Å². The van der Waals surface area contributed by atoms with Crippen molar-refractivity contribution >= 4 is 17.3 Å². The molecule has 5 atom stereocenters. The summed E-state index contributed by atoms with van der Waals surface area (Å²) < 4.78 is 0. The van der Waals surface area contributed by atoms with E-state index in [2.05, 4.69) is 63.9 Å². The topological polar surface area (TPSA) is 37.4 Å². The molecule has 3 nitrogen and oxygen atoms in total. The first kappa shape index (κ1) is 23.6. The van der Waals surface area contributed by atoms with Crippen molar-refractivity contribution in [3.8, 4) is 0 Å². The van der Waals surface area contributed by atoms with Crippen molar-refractivity contribution in [3.05, 3.63) is 52.6 Å². The quantitative estimate of drug-likeness (QED) is 0.485. The Labute approximate surface area is 205 Å². The fourth-order valence-corrected chi connectivity index (χ4v) is 8.02. The van der Waals surface area contributed by atoms with Gasteiger partial charge in [-0.25, -0.2) is 0 Å². The van der Waals surface area contributed by atoms with Gasteiger partial charge in [-0.05, 0) is 111 Å². The number of hydrogen-bond acceptors (Lipinski definition) is 3. The maximum absolute atomic E-state index is 13.0. The molecule has 1 aromatic rings. The predicted molar refractivity (Wildman–Crippen MR) is 139 cm³/mol. The molecule has 0 N–H and O–H groups in total. The summed E-state index contributed by atoms with van der Waals surface area (Å²) in [5.74, 6) is 2.07. The van der Waals surface area contributed by atoms with Crippen LogP contribution in [-0.4, -0.2) is 24.7 Å². The molecule has 0 spiro atoms. The van der Waals surface area contributed by atoms with Gasteiger partial charge in [0.05, 0.1) is 0 Å². The van der Waals surface area contributed by atoms with Crippen molar-refractivity contribution in [1.82, 2.24) is 0 Å². The molecule has 182 valence electrons. The minimum Gasteiger partial charge on any atom is -0.372 e. The molecule has 1 aromatic carbocycles. The van der Waals surface area contributed by atoms with Crippen LogP contribution < -0.4 is 4.90 Å². The van der Waals surface area contributed by atoms with Crippen LogP contribution in [0.2, 0.25) is 0 Å². The second-order valence-electron chi connectivity index (χ2n) is 12.2. The number of carbonyl (C=O) groups is 2. The van der Waals surface area contributed by atoms with Crippen molar-refractivity contribution in [3.63, 3.8) is 0 Å². The number of fused-ring (bicyclic) bond motifs is 4. The monoisotopic (exact) mass is 459 g/mol. The zero-order chi connectivity index (χ0) is 24.4. The Morgan fingerprint density at radius 2 is 1.76 bits per heavy atom. The highest BCUT2D eigenvalue weighted by molar-refractivity contribution is 5.93. The van der Waals surface area contributed by atoms with E-state index in [9.17, 15) is 9.59 Å². The van der Waals surface area contributed by atoms with Crippen LogP contribution in [0.1, 0.15) is 91.0 Å². The van der Waals surface area contributed by atoms with E-state index in [0.717, 1.165) is 38.5 Å². The predicted octanol–water partition coefficient (Wildman–Crippen LogP) is 7.03. The van der Waals surface area contributed by atoms with E-state index < -0.39 is 0 Å². The molecule has 4 aliphatic carbocycles. The van der Waals surface area contributed by atoms with Crippen LogP contribution in [0.4, 0.5) is 5.69 Å². The fraction of sp³-hybridized carbons (Fsp3) is 0.613. The fourth-order valence-electron chi connectivity index (χ4n) is 8.02. The molecule has 3 heteroatoms. The lowest BCUT2D eigenvalue weighted by Crippen LogP contribution is -2.49. The van der Waals surface area contributed by atoms with Crippen LogP contribution in [-0.2, 0) is 9.59 Å². The van der Waals surface area contributed by atoms with Gasteiger partial charge >= 0.3 is 0 Å². The smallest absolute Gasteiger partial charge is 0.156 e. The molecule has 5 rings (SSSR count). The maximum Gasteiger partial charge on any atom is 0.156 e. The number of Topliss-reactive ketones (excluding diaryl/α,β-unsaturated/α-hetero) is 1. The lowest BCUT2D eigenvalue weighted by Gasteiger charge is -2.55. The second kappa shape index (κ2) is 8.21. The normalized spacial score (nSPS) is 35.0. The summed E-state index contributed by atoms with van der Waals surface area (Å²) in [7, 11) is 2.15. The summed E-state index contributed by atoms with van der Waals surface area (Å²) in [6, 6.07) is 9.66. The van der Waals surface area contributed by atoms with Crippen LogP contribution in [0.15, 0.2) is 47.1 Å². The third kappa shape index (κ3) is 3.37. The molecular formula is C31H41NO2. The highest BCUT2D eigenvalue weighted by atomic mass is 16.1. The van der Waals surface area contributed by atoms with Gasteiger partial charge in [-0.3, -0.25) is 9.59 Å². The van der Waals surface area contributed by atoms with Gasteiger partial charge in [-0.1, -0.05) is 31.6 Å². The molecule has 34 heavy (non-hydrogen) atoms. The van der Waals surface area contributed by atoms with E-state index in [1.54, 1.807) is 5.57 Å². The minimum atomic E-state index is -0.247. The highest BCUT2D eigenvalue weighted by Crippen LogP contribution is 2.69. The van der Waals surface area contributed by atoms with E-state index in [1.807, 2.05) is 13.0 Å². The van der Waals surface area contributed by atoms with Gasteiger partial charge in [0.15, 0.2) is 5.78 Å². The van der Waals surface area contributed by atoms with Crippen LogP contribution in [0.3, 0.4) is 0 Å². The summed E-state index contributed by atoms with van der Waals surface area (Å²) in [5, 5.41) is 0. The van der Waals surface area contributed by atoms with E-state index in [4.69, 9.17) is 0 Å². The van der Waals surface area contributed by atoms with E-state index >= 15 is 0 Å². The van der Waals surface area contributed by atoms with E-state index in [0.29, 0.717) is 41.8 Å². The van der Waals surface area contributed by atoms with Crippen molar-refractivity contribution in [1.29, 1.82) is 0 Å². The van der Waals surface area contributed by atoms with Crippen LogP contribution >= 0.6 is 0 Å². The first-order chi connectivity index (χ1) is 16.1. The standard InChI is InChI=1S/C31H41NO2/c1-19(2)32(6)23-10-7-21(8-11-23)27-18-31(5)28(15-16-30(31,4)20(3)33)26-13-9-22-17-24(34)12-14-25(22)29(26)27/h7-8,10-11,17,19,26-28H,9,12-16,18H2,1-6H3/t26?,27-,28+,30-,31+/m1/s1. The average molecular weight is 460 g/mol. The van der Waals surface area contributed by atoms with Crippen molar-refractivity contribution in [2.45, 2.75) is 91.5 Å². The van der Waals surface area contributed by atoms with Gasteiger partial charge in [0.1, 0.15) is 5.78 Å². The van der Waals surface area contributed by atoms with Gasteiger partial charge in [0.25, 0.3) is 0 Å². The number of nitrogens with zero attached hydrogens (tertiary/aromatic N) is 1. The molecule has 2 fully saturated rings. The van der Waals surface area contributed by atoms with Gasteiger partial charge in [-0.2, -0.15) is 0 Å². The second-order valence-corrected chi connectivity index (χ2v) is 12.2. The van der Waals surface area contributed by atoms with Crippen molar-refractivity contribution in [2.24, 2.45) is 22.7 Å². The first-order valence-electron chi connectivity index (χ1n) is 13.4. The molecular weight excluding hydrogens is 418 g/mol. The lowest BCUT2D eigenvalue weighted by atomic mass is 9.48. The SMILES string of the molecule is CC(=O)[C@@]1(C)CC[C@H]2C3CCC4=CC(=O)CCC4=C3[C@@H](c3ccc(N(C)C(C)C)cc3)C[C@@]21C. The number of allylic oxidation sites excluding steroid dienone is 4. The van der Waals surface area contributed by atoms with E-state index in [-0.39, 0.29) is 10.8 Å². The van der Waals surface area contributed by atoms with Crippen LogP contribution in [0.25, 0.3) is 0 Å². The zero-order valence-electron chi connectivity index (χ0n) is 21.9. The first-order valence-corrected chi connectivity index (χ1v) is 13.4. The summed E-state index contributed by atoms with van der Waals surface area (Å²) >= 11 is 0. The molecule has 0 aliphatic heterocycles. The van der Waals surface area contributed by atoms with Gasteiger partial charge in [-0.15, -0.1) is 0 Å². The number of ketones is 2. The molecule has 2 saturated carbocycles. The van der Waals surface area contributed by atoms with Gasteiger partial charge in [0.2, 0.25) is 0 Å². The van der Waals surface area contributed by atoms with Crippen molar-refractivity contribution < 1.29 is 9.59 Å². The zero-order valence-corrected chi connectivity index (χ0v) is 21.9. The molecule has 1 unspecified atom stereocenters. The lowest BCUT2D eigenvalue weighted by molar-refractivity contribution is -0.134. The molecule has 0 amide bonds. The van der Waals surface area contributed by atoms with Crippen molar-refractivity contribution in [2.75, 3.05) is 11.9 Å². The number of hydrogen-bond donors (Lipinski definition) is 0. The molecule has 4 aliphatic rings. The molecule has 0 bridgehead atoms. The Morgan fingerprint density at radius 1 is 1.06 bits per heavy atom. The molecule has 0 saturated heterocycles. The summed E-state index contributed by atoms with van der Waals surface area (Å²) in [5.41, 5.74) is 6.80. The average Bonchev–Trinajstić information content (AvgIpc) is 3.09. The summed E-state index contributed by atoms with van der Waals surface area (Å²) in [4.78, 5) is 27.6.